The summed E-state index contributed by atoms with van der Waals surface area (Å²) in [6.45, 7) is 1.96. The molecule has 0 radical (unpaired) electrons. The molecule has 0 aliphatic heterocycles. The van der Waals surface area contributed by atoms with Gasteiger partial charge in [-0.05, 0) is 31.0 Å². The Labute approximate surface area is 108 Å². The van der Waals surface area contributed by atoms with Crippen molar-refractivity contribution < 1.29 is 14.2 Å². The first-order chi connectivity index (χ1) is 7.62. The third kappa shape index (κ3) is 3.98. The van der Waals surface area contributed by atoms with E-state index in [1.54, 1.807) is 21.3 Å². The minimum atomic E-state index is 0. The molecule has 0 saturated carbocycles. The third-order valence-corrected chi connectivity index (χ3v) is 2.28. The van der Waals surface area contributed by atoms with Crippen LogP contribution in [0.3, 0.4) is 0 Å². The van der Waals surface area contributed by atoms with Crippen LogP contribution >= 0.6 is 12.4 Å². The minimum Gasteiger partial charge on any atom is -0.493 e. The zero-order valence-electron chi connectivity index (χ0n) is 10.6. The molecule has 0 bridgehead atoms. The van der Waals surface area contributed by atoms with E-state index in [1.807, 2.05) is 19.1 Å². The molecule has 1 aromatic carbocycles. The van der Waals surface area contributed by atoms with E-state index in [1.165, 1.54) is 0 Å². The molecule has 0 aliphatic carbocycles. The average Bonchev–Trinajstić information content (AvgIpc) is 2.26. The summed E-state index contributed by atoms with van der Waals surface area (Å²) in [5.41, 5.74) is 6.84. The Hall–Kier alpha value is -1.13. The Morgan fingerprint density at radius 3 is 1.82 bits per heavy atom. The van der Waals surface area contributed by atoms with Crippen molar-refractivity contribution in [3.8, 4) is 17.2 Å². The van der Waals surface area contributed by atoms with E-state index < -0.39 is 0 Å². The van der Waals surface area contributed by atoms with E-state index >= 15 is 0 Å². The molecule has 1 rings (SSSR count). The fourth-order valence-corrected chi connectivity index (χ4v) is 1.63. The lowest BCUT2D eigenvalue weighted by molar-refractivity contribution is 0.323. The average molecular weight is 262 g/mol. The van der Waals surface area contributed by atoms with Crippen LogP contribution in [0.25, 0.3) is 0 Å². The Kier molecular flexibility index (Phi) is 6.76. The normalized spacial score (nSPS) is 11.4. The maximum absolute atomic E-state index is 5.77. The molecule has 98 valence electrons. The van der Waals surface area contributed by atoms with Crippen LogP contribution in [0.15, 0.2) is 12.1 Å². The van der Waals surface area contributed by atoms with Crippen molar-refractivity contribution in [3.05, 3.63) is 17.7 Å². The number of halogens is 1. The van der Waals surface area contributed by atoms with Gasteiger partial charge in [-0.15, -0.1) is 12.4 Å². The molecule has 0 unspecified atom stereocenters. The van der Waals surface area contributed by atoms with Crippen molar-refractivity contribution in [2.75, 3.05) is 21.3 Å². The molecule has 5 heteroatoms. The Morgan fingerprint density at radius 2 is 1.53 bits per heavy atom. The summed E-state index contributed by atoms with van der Waals surface area (Å²) >= 11 is 0. The van der Waals surface area contributed by atoms with Crippen molar-refractivity contribution in [1.82, 2.24) is 0 Å². The van der Waals surface area contributed by atoms with Gasteiger partial charge in [-0.25, -0.2) is 0 Å². The molecular formula is C12H20ClNO3. The van der Waals surface area contributed by atoms with Gasteiger partial charge in [0.15, 0.2) is 11.5 Å². The van der Waals surface area contributed by atoms with Gasteiger partial charge >= 0.3 is 0 Å². The Balaban J connectivity index is 0.00000256. The number of benzene rings is 1. The van der Waals surface area contributed by atoms with Gasteiger partial charge in [0.05, 0.1) is 21.3 Å². The van der Waals surface area contributed by atoms with Crippen molar-refractivity contribution in [1.29, 1.82) is 0 Å². The van der Waals surface area contributed by atoms with Gasteiger partial charge in [-0.3, -0.25) is 0 Å². The smallest absolute Gasteiger partial charge is 0.203 e. The predicted octanol–water partition coefficient (Wildman–Crippen LogP) is 2.02. The first-order valence-corrected chi connectivity index (χ1v) is 5.16. The molecule has 0 amide bonds. The largest absolute Gasteiger partial charge is 0.493 e. The summed E-state index contributed by atoms with van der Waals surface area (Å²) in [5.74, 6) is 1.94. The molecule has 0 spiro atoms. The van der Waals surface area contributed by atoms with Gasteiger partial charge < -0.3 is 19.9 Å². The number of rotatable bonds is 5. The highest BCUT2D eigenvalue weighted by molar-refractivity contribution is 5.85. The van der Waals surface area contributed by atoms with E-state index in [4.69, 9.17) is 19.9 Å². The second kappa shape index (κ2) is 7.25. The number of ether oxygens (including phenoxy) is 3. The second-order valence-electron chi connectivity index (χ2n) is 3.71. The van der Waals surface area contributed by atoms with Crippen LogP contribution in [0.2, 0.25) is 0 Å². The van der Waals surface area contributed by atoms with E-state index in [2.05, 4.69) is 0 Å². The number of nitrogens with two attached hydrogens (primary N) is 1. The zero-order chi connectivity index (χ0) is 12.1. The maximum atomic E-state index is 5.77. The van der Waals surface area contributed by atoms with Crippen LogP contribution in [0, 0.1) is 0 Å². The molecule has 2 N–H and O–H groups in total. The fraction of sp³-hybridized carbons (Fsp3) is 0.500. The lowest BCUT2D eigenvalue weighted by atomic mass is 10.1. The lowest BCUT2D eigenvalue weighted by Gasteiger charge is -2.14. The Morgan fingerprint density at radius 1 is 1.06 bits per heavy atom. The van der Waals surface area contributed by atoms with Crippen molar-refractivity contribution in [3.63, 3.8) is 0 Å². The van der Waals surface area contributed by atoms with Gasteiger partial charge in [0.1, 0.15) is 0 Å². The van der Waals surface area contributed by atoms with E-state index in [0.29, 0.717) is 17.2 Å². The number of hydrogen-bond acceptors (Lipinski definition) is 4. The molecule has 1 atom stereocenters. The maximum Gasteiger partial charge on any atom is 0.203 e. The van der Waals surface area contributed by atoms with Crippen LogP contribution < -0.4 is 19.9 Å². The van der Waals surface area contributed by atoms with Crippen LogP contribution in [-0.2, 0) is 6.42 Å². The van der Waals surface area contributed by atoms with Gasteiger partial charge in [0.25, 0.3) is 0 Å². The standard InChI is InChI=1S/C12H19NO3.ClH/c1-8(13)5-9-6-10(14-2)12(16-4)11(7-9)15-3;/h6-8H,5,13H2,1-4H3;1H/t8-;/m1./s1. The number of hydrogen-bond donors (Lipinski definition) is 1. The quantitative estimate of drug-likeness (QED) is 0.881. The molecule has 0 fully saturated rings. The van der Waals surface area contributed by atoms with E-state index in [0.717, 1.165) is 12.0 Å². The minimum absolute atomic E-state index is 0. The zero-order valence-corrected chi connectivity index (χ0v) is 11.5. The topological polar surface area (TPSA) is 53.7 Å². The summed E-state index contributed by atoms with van der Waals surface area (Å²) in [5, 5.41) is 0. The summed E-state index contributed by atoms with van der Waals surface area (Å²) in [7, 11) is 4.80. The van der Waals surface area contributed by atoms with E-state index in [-0.39, 0.29) is 18.4 Å². The molecule has 0 aromatic heterocycles. The van der Waals surface area contributed by atoms with Crippen molar-refractivity contribution in [2.45, 2.75) is 19.4 Å². The predicted molar refractivity (Wildman–Crippen MR) is 70.7 cm³/mol. The highest BCUT2D eigenvalue weighted by Crippen LogP contribution is 2.38. The first kappa shape index (κ1) is 15.9. The Bertz CT molecular complexity index is 331. The van der Waals surface area contributed by atoms with Crippen LogP contribution in [-0.4, -0.2) is 27.4 Å². The van der Waals surface area contributed by atoms with Crippen molar-refractivity contribution >= 4 is 12.4 Å². The van der Waals surface area contributed by atoms with Gasteiger partial charge in [0, 0.05) is 6.04 Å². The third-order valence-electron chi connectivity index (χ3n) is 2.28. The molecule has 0 aliphatic rings. The summed E-state index contributed by atoms with van der Waals surface area (Å²) in [6.07, 6.45) is 0.775. The van der Waals surface area contributed by atoms with Gasteiger partial charge in [-0.1, -0.05) is 0 Å². The number of methoxy groups -OCH3 is 3. The van der Waals surface area contributed by atoms with E-state index in [9.17, 15) is 0 Å². The van der Waals surface area contributed by atoms with Crippen LogP contribution in [0.1, 0.15) is 12.5 Å². The lowest BCUT2D eigenvalue weighted by Crippen LogP contribution is -2.17. The highest BCUT2D eigenvalue weighted by atomic mass is 35.5. The summed E-state index contributed by atoms with van der Waals surface area (Å²) < 4.78 is 15.7. The molecule has 17 heavy (non-hydrogen) atoms. The fourth-order valence-electron chi connectivity index (χ4n) is 1.63. The monoisotopic (exact) mass is 261 g/mol. The van der Waals surface area contributed by atoms with Crippen LogP contribution in [0.4, 0.5) is 0 Å². The summed E-state index contributed by atoms with van der Waals surface area (Å²) in [4.78, 5) is 0. The van der Waals surface area contributed by atoms with Crippen LogP contribution in [0.5, 0.6) is 17.2 Å². The molecule has 0 heterocycles. The highest BCUT2D eigenvalue weighted by Gasteiger charge is 2.13. The molecule has 4 nitrogen and oxygen atoms in total. The first-order valence-electron chi connectivity index (χ1n) is 5.16. The molecule has 0 saturated heterocycles. The van der Waals surface area contributed by atoms with Crippen molar-refractivity contribution in [2.24, 2.45) is 5.73 Å². The molecular weight excluding hydrogens is 242 g/mol. The van der Waals surface area contributed by atoms with Gasteiger partial charge in [-0.2, -0.15) is 0 Å². The second-order valence-corrected chi connectivity index (χ2v) is 3.71. The molecule has 1 aromatic rings. The van der Waals surface area contributed by atoms with Gasteiger partial charge in [0.2, 0.25) is 5.75 Å². The summed E-state index contributed by atoms with van der Waals surface area (Å²) in [6, 6.07) is 3.94. The SMILES string of the molecule is COc1cc(C[C@@H](C)N)cc(OC)c1OC.Cl.